The van der Waals surface area contributed by atoms with Gasteiger partial charge in [0, 0.05) is 6.54 Å². The number of halogens is 1. The summed E-state index contributed by atoms with van der Waals surface area (Å²) < 4.78 is 27.1. The third-order valence-corrected chi connectivity index (χ3v) is 4.91. The van der Waals surface area contributed by atoms with Crippen LogP contribution in [-0.4, -0.2) is 20.9 Å². The first kappa shape index (κ1) is 18.0. The van der Waals surface area contributed by atoms with Gasteiger partial charge in [-0.3, -0.25) is 9.52 Å². The van der Waals surface area contributed by atoms with Crippen molar-refractivity contribution < 1.29 is 13.2 Å². The molecular formula is C17H17ClN2O3S. The predicted octanol–water partition coefficient (Wildman–Crippen LogP) is 3.37. The summed E-state index contributed by atoms with van der Waals surface area (Å²) in [7, 11) is -3.72. The third kappa shape index (κ3) is 4.37. The van der Waals surface area contributed by atoms with Gasteiger partial charge in [-0.2, -0.15) is 0 Å². The molecule has 2 aromatic rings. The quantitative estimate of drug-likeness (QED) is 0.772. The lowest BCUT2D eigenvalue weighted by molar-refractivity contribution is 0.0958. The first-order valence-corrected chi connectivity index (χ1v) is 8.98. The second kappa shape index (κ2) is 7.51. The Labute approximate surface area is 146 Å². The number of rotatable bonds is 6. The monoisotopic (exact) mass is 364 g/mol. The van der Waals surface area contributed by atoms with Crippen LogP contribution in [0.15, 0.2) is 60.0 Å². The van der Waals surface area contributed by atoms with E-state index in [9.17, 15) is 13.2 Å². The van der Waals surface area contributed by atoms with Crippen LogP contribution < -0.4 is 10.0 Å². The molecule has 5 nitrogen and oxygen atoms in total. The second-order valence-corrected chi connectivity index (χ2v) is 7.20. The van der Waals surface area contributed by atoms with Gasteiger partial charge >= 0.3 is 0 Å². The van der Waals surface area contributed by atoms with Gasteiger partial charge in [-0.1, -0.05) is 35.4 Å². The van der Waals surface area contributed by atoms with Crippen molar-refractivity contribution >= 4 is 33.2 Å². The zero-order chi connectivity index (χ0) is 17.7. The normalized spacial score (nSPS) is 10.9. The largest absolute Gasteiger partial charge is 0.349 e. The number of anilines is 1. The van der Waals surface area contributed by atoms with E-state index in [2.05, 4.69) is 16.6 Å². The Morgan fingerprint density at radius 2 is 1.88 bits per heavy atom. The third-order valence-electron chi connectivity index (χ3n) is 3.20. The Kier molecular flexibility index (Phi) is 5.64. The van der Waals surface area contributed by atoms with Crippen molar-refractivity contribution in [2.75, 3.05) is 11.3 Å². The Hall–Kier alpha value is -2.31. The van der Waals surface area contributed by atoms with Crippen LogP contribution in [0.1, 0.15) is 15.9 Å². The fraction of sp³-hybridized carbons (Fsp3) is 0.118. The van der Waals surface area contributed by atoms with Gasteiger partial charge in [0.15, 0.2) is 0 Å². The van der Waals surface area contributed by atoms with Crippen molar-refractivity contribution in [1.29, 1.82) is 0 Å². The number of amides is 1. The van der Waals surface area contributed by atoms with E-state index in [0.717, 1.165) is 5.56 Å². The second-order valence-electron chi connectivity index (χ2n) is 5.11. The molecule has 2 aromatic carbocycles. The van der Waals surface area contributed by atoms with Crippen LogP contribution in [0.25, 0.3) is 0 Å². The molecule has 0 unspecified atom stereocenters. The summed E-state index contributed by atoms with van der Waals surface area (Å²) in [5.74, 6) is -0.354. The number of hydrogen-bond donors (Lipinski definition) is 2. The smallest absolute Gasteiger partial charge is 0.261 e. The summed E-state index contributed by atoms with van der Waals surface area (Å²) in [4.78, 5) is 12.0. The summed E-state index contributed by atoms with van der Waals surface area (Å²) in [5.41, 5.74) is 1.50. The average Bonchev–Trinajstić information content (AvgIpc) is 2.52. The number of carbonyl (C=O) groups excluding carboxylic acids is 1. The first-order valence-electron chi connectivity index (χ1n) is 7.11. The lowest BCUT2D eigenvalue weighted by atomic mass is 10.2. The number of aryl methyl sites for hydroxylation is 1. The molecule has 2 rings (SSSR count). The van der Waals surface area contributed by atoms with Gasteiger partial charge in [-0.15, -0.1) is 6.58 Å². The highest BCUT2D eigenvalue weighted by atomic mass is 35.5. The van der Waals surface area contributed by atoms with Crippen molar-refractivity contribution in [2.24, 2.45) is 0 Å². The summed E-state index contributed by atoms with van der Waals surface area (Å²) in [6, 6.07) is 10.8. The van der Waals surface area contributed by atoms with Crippen molar-refractivity contribution in [3.05, 3.63) is 71.3 Å². The van der Waals surface area contributed by atoms with E-state index in [1.807, 2.05) is 6.92 Å². The van der Waals surface area contributed by atoms with Crippen LogP contribution in [0.5, 0.6) is 0 Å². The van der Waals surface area contributed by atoms with Gasteiger partial charge in [0.1, 0.15) is 0 Å². The maximum atomic E-state index is 12.3. The molecule has 0 aromatic heterocycles. The summed E-state index contributed by atoms with van der Waals surface area (Å²) in [6.45, 7) is 5.70. The highest BCUT2D eigenvalue weighted by Gasteiger charge is 2.16. The van der Waals surface area contributed by atoms with Crippen LogP contribution in [0.4, 0.5) is 5.69 Å². The molecule has 0 spiro atoms. The average molecular weight is 365 g/mol. The molecule has 0 saturated carbocycles. The maximum Gasteiger partial charge on any atom is 0.261 e. The molecule has 1 amide bonds. The summed E-state index contributed by atoms with van der Waals surface area (Å²) >= 11 is 6.08. The van der Waals surface area contributed by atoms with E-state index in [0.29, 0.717) is 6.54 Å². The minimum absolute atomic E-state index is 0.150. The van der Waals surface area contributed by atoms with Crippen LogP contribution in [0, 0.1) is 6.92 Å². The van der Waals surface area contributed by atoms with E-state index in [1.54, 1.807) is 18.2 Å². The zero-order valence-corrected chi connectivity index (χ0v) is 14.6. The molecule has 0 aliphatic carbocycles. The van der Waals surface area contributed by atoms with E-state index in [4.69, 9.17) is 11.6 Å². The van der Waals surface area contributed by atoms with Crippen molar-refractivity contribution in [1.82, 2.24) is 5.32 Å². The molecule has 0 atom stereocenters. The van der Waals surface area contributed by atoms with E-state index in [1.165, 1.54) is 30.3 Å². The Balaban J connectivity index is 2.21. The van der Waals surface area contributed by atoms with E-state index in [-0.39, 0.29) is 27.1 Å². The lowest BCUT2D eigenvalue weighted by Gasteiger charge is -2.10. The van der Waals surface area contributed by atoms with Crippen LogP contribution in [0.2, 0.25) is 5.02 Å². The van der Waals surface area contributed by atoms with Gasteiger partial charge in [0.25, 0.3) is 15.9 Å². The molecular weight excluding hydrogens is 348 g/mol. The van der Waals surface area contributed by atoms with Crippen molar-refractivity contribution in [3.8, 4) is 0 Å². The van der Waals surface area contributed by atoms with Crippen molar-refractivity contribution in [2.45, 2.75) is 11.8 Å². The molecule has 0 aliphatic heterocycles. The molecule has 0 bridgehead atoms. The highest BCUT2D eigenvalue weighted by Crippen LogP contribution is 2.23. The number of hydrogen-bond acceptors (Lipinski definition) is 3. The molecule has 0 saturated heterocycles. The molecule has 24 heavy (non-hydrogen) atoms. The van der Waals surface area contributed by atoms with E-state index >= 15 is 0 Å². The fourth-order valence-corrected chi connectivity index (χ4v) is 3.27. The number of benzene rings is 2. The van der Waals surface area contributed by atoms with Crippen LogP contribution in [0.3, 0.4) is 0 Å². The number of nitrogens with one attached hydrogen (secondary N) is 2. The topological polar surface area (TPSA) is 75.3 Å². The van der Waals surface area contributed by atoms with Gasteiger partial charge < -0.3 is 5.32 Å². The molecule has 0 radical (unpaired) electrons. The Bertz CT molecular complexity index is 862. The van der Waals surface area contributed by atoms with Crippen molar-refractivity contribution in [3.63, 3.8) is 0 Å². The SMILES string of the molecule is C=CCNC(=O)c1ccc(NS(=O)(=O)c2ccc(C)cc2)cc1Cl. The summed E-state index contributed by atoms with van der Waals surface area (Å²) in [6.07, 6.45) is 1.55. The van der Waals surface area contributed by atoms with Crippen LogP contribution >= 0.6 is 11.6 Å². The number of carbonyl (C=O) groups is 1. The Morgan fingerprint density at radius 3 is 2.46 bits per heavy atom. The zero-order valence-electron chi connectivity index (χ0n) is 13.0. The molecule has 0 fully saturated rings. The first-order chi connectivity index (χ1) is 11.3. The molecule has 126 valence electrons. The fourth-order valence-electron chi connectivity index (χ4n) is 1.95. The maximum absolute atomic E-state index is 12.3. The Morgan fingerprint density at radius 1 is 1.21 bits per heavy atom. The van der Waals surface area contributed by atoms with Crippen LogP contribution in [-0.2, 0) is 10.0 Å². The molecule has 0 aliphatic rings. The highest BCUT2D eigenvalue weighted by molar-refractivity contribution is 7.92. The number of sulfonamides is 1. The molecule has 2 N–H and O–H groups in total. The lowest BCUT2D eigenvalue weighted by Crippen LogP contribution is -2.23. The summed E-state index contributed by atoms with van der Waals surface area (Å²) in [5, 5.41) is 2.76. The van der Waals surface area contributed by atoms with Gasteiger partial charge in [-0.25, -0.2) is 8.42 Å². The van der Waals surface area contributed by atoms with Gasteiger partial charge in [0.05, 0.1) is 21.2 Å². The van der Waals surface area contributed by atoms with Gasteiger partial charge in [0.2, 0.25) is 0 Å². The molecule has 7 heteroatoms. The predicted molar refractivity (Wildman–Crippen MR) is 96.0 cm³/mol. The minimum atomic E-state index is -3.72. The standard InChI is InChI=1S/C17H17ClN2O3S/c1-3-10-19-17(21)15-9-6-13(11-16(15)18)20-24(22,23)14-7-4-12(2)5-8-14/h3-9,11,20H,1,10H2,2H3,(H,19,21). The van der Waals surface area contributed by atoms with Gasteiger partial charge in [-0.05, 0) is 37.3 Å². The minimum Gasteiger partial charge on any atom is -0.349 e. The molecule has 0 heterocycles. The van der Waals surface area contributed by atoms with E-state index < -0.39 is 10.0 Å².